The second-order valence-corrected chi connectivity index (χ2v) is 6.47. The lowest BCUT2D eigenvalue weighted by atomic mass is 10.1. The SMILES string of the molecule is Cl.Cn1ccnc1C1CNCCN1CC(=O)Nc1ccccc1Br. The molecule has 1 aliphatic heterocycles. The second-order valence-electron chi connectivity index (χ2n) is 5.61. The van der Waals surface area contributed by atoms with Crippen LogP contribution in [0.1, 0.15) is 11.9 Å². The van der Waals surface area contributed by atoms with Gasteiger partial charge in [0.2, 0.25) is 5.91 Å². The third-order valence-corrected chi connectivity index (χ3v) is 4.70. The number of rotatable bonds is 4. The number of anilines is 1. The fourth-order valence-corrected chi connectivity index (χ4v) is 3.21. The van der Waals surface area contributed by atoms with Gasteiger partial charge in [0.05, 0.1) is 18.3 Å². The minimum atomic E-state index is -0.0157. The molecule has 1 aromatic carbocycles. The van der Waals surface area contributed by atoms with Crippen molar-refractivity contribution in [1.29, 1.82) is 0 Å². The number of carbonyl (C=O) groups is 1. The average molecular weight is 415 g/mol. The number of hydrogen-bond donors (Lipinski definition) is 2. The molecule has 0 radical (unpaired) electrons. The molecule has 2 N–H and O–H groups in total. The van der Waals surface area contributed by atoms with Crippen LogP contribution in [0.4, 0.5) is 5.69 Å². The zero-order chi connectivity index (χ0) is 16.2. The zero-order valence-corrected chi connectivity index (χ0v) is 15.8. The highest BCUT2D eigenvalue weighted by atomic mass is 79.9. The molecule has 2 aromatic rings. The van der Waals surface area contributed by atoms with Crippen LogP contribution in [0.3, 0.4) is 0 Å². The van der Waals surface area contributed by atoms with Crippen LogP contribution >= 0.6 is 28.3 Å². The Hall–Kier alpha value is -1.41. The monoisotopic (exact) mass is 413 g/mol. The van der Waals surface area contributed by atoms with Crippen molar-refractivity contribution >= 4 is 39.9 Å². The van der Waals surface area contributed by atoms with E-state index in [0.717, 1.165) is 35.6 Å². The van der Waals surface area contributed by atoms with Gasteiger partial charge in [-0.05, 0) is 28.1 Å². The Bertz CT molecular complexity index is 693. The van der Waals surface area contributed by atoms with Crippen LogP contribution in [0.25, 0.3) is 0 Å². The predicted octanol–water partition coefficient (Wildman–Crippen LogP) is 2.19. The van der Waals surface area contributed by atoms with Gasteiger partial charge in [-0.2, -0.15) is 0 Å². The zero-order valence-electron chi connectivity index (χ0n) is 13.4. The van der Waals surface area contributed by atoms with E-state index in [9.17, 15) is 4.79 Å². The molecule has 0 spiro atoms. The maximum absolute atomic E-state index is 12.4. The lowest BCUT2D eigenvalue weighted by Gasteiger charge is -2.35. The first-order chi connectivity index (χ1) is 11.1. The number of aryl methyl sites for hydroxylation is 1. The molecule has 130 valence electrons. The van der Waals surface area contributed by atoms with E-state index in [4.69, 9.17) is 0 Å². The van der Waals surface area contributed by atoms with Crippen molar-refractivity contribution in [2.24, 2.45) is 7.05 Å². The minimum Gasteiger partial charge on any atom is -0.337 e. The first-order valence-corrected chi connectivity index (χ1v) is 8.41. The largest absolute Gasteiger partial charge is 0.337 e. The second kappa shape index (κ2) is 8.62. The smallest absolute Gasteiger partial charge is 0.238 e. The molecule has 1 fully saturated rings. The van der Waals surface area contributed by atoms with Gasteiger partial charge in [-0.3, -0.25) is 9.69 Å². The summed E-state index contributed by atoms with van der Waals surface area (Å²) in [6.07, 6.45) is 3.73. The van der Waals surface area contributed by atoms with Crippen LogP contribution in [0.15, 0.2) is 41.1 Å². The number of amides is 1. The molecule has 1 saturated heterocycles. The minimum absolute atomic E-state index is 0. The summed E-state index contributed by atoms with van der Waals surface area (Å²) < 4.78 is 2.89. The molecule has 1 aromatic heterocycles. The molecule has 1 aliphatic rings. The standard InChI is InChI=1S/C16H20BrN5O.ClH/c1-21-8-7-19-16(21)14-10-18-6-9-22(14)11-15(23)20-13-5-3-2-4-12(13)17;/h2-5,7-8,14,18H,6,9-11H2,1H3,(H,20,23);1H. The summed E-state index contributed by atoms with van der Waals surface area (Å²) in [7, 11) is 1.98. The summed E-state index contributed by atoms with van der Waals surface area (Å²) in [6.45, 7) is 2.85. The van der Waals surface area contributed by atoms with Crippen molar-refractivity contribution in [1.82, 2.24) is 19.8 Å². The van der Waals surface area contributed by atoms with Gasteiger partial charge >= 0.3 is 0 Å². The fraction of sp³-hybridized carbons (Fsp3) is 0.375. The highest BCUT2D eigenvalue weighted by molar-refractivity contribution is 9.10. The molecule has 0 bridgehead atoms. The van der Waals surface area contributed by atoms with Crippen molar-refractivity contribution in [2.75, 3.05) is 31.5 Å². The molecule has 8 heteroatoms. The molecular weight excluding hydrogens is 394 g/mol. The van der Waals surface area contributed by atoms with Crippen molar-refractivity contribution in [2.45, 2.75) is 6.04 Å². The molecule has 1 unspecified atom stereocenters. The number of halogens is 2. The van der Waals surface area contributed by atoms with Crippen molar-refractivity contribution < 1.29 is 4.79 Å². The van der Waals surface area contributed by atoms with Gasteiger partial charge < -0.3 is 15.2 Å². The molecule has 24 heavy (non-hydrogen) atoms. The Kier molecular flexibility index (Phi) is 6.79. The Morgan fingerprint density at radius 1 is 1.46 bits per heavy atom. The highest BCUT2D eigenvalue weighted by Gasteiger charge is 2.28. The summed E-state index contributed by atoms with van der Waals surface area (Å²) >= 11 is 3.45. The number of imidazole rings is 1. The highest BCUT2D eigenvalue weighted by Crippen LogP contribution is 2.23. The molecular formula is C16H21BrClN5O. The summed E-state index contributed by atoms with van der Waals surface area (Å²) in [5.41, 5.74) is 0.793. The van der Waals surface area contributed by atoms with Crippen LogP contribution in [-0.2, 0) is 11.8 Å². The molecule has 1 amide bonds. The van der Waals surface area contributed by atoms with Crippen LogP contribution in [0, 0.1) is 0 Å². The number of nitrogens with zero attached hydrogens (tertiary/aromatic N) is 3. The molecule has 3 rings (SSSR count). The van der Waals surface area contributed by atoms with Gasteiger partial charge in [0.25, 0.3) is 0 Å². The van der Waals surface area contributed by atoms with Crippen molar-refractivity contribution in [3.8, 4) is 0 Å². The summed E-state index contributed by atoms with van der Waals surface area (Å²) in [6, 6.07) is 7.73. The summed E-state index contributed by atoms with van der Waals surface area (Å²) in [5, 5.41) is 6.34. The maximum Gasteiger partial charge on any atom is 0.238 e. The summed E-state index contributed by atoms with van der Waals surface area (Å²) in [4.78, 5) is 19.0. The molecule has 0 aliphatic carbocycles. The topological polar surface area (TPSA) is 62.2 Å². The Morgan fingerprint density at radius 2 is 2.25 bits per heavy atom. The van der Waals surface area contributed by atoms with Gasteiger partial charge in [0.1, 0.15) is 5.82 Å². The Morgan fingerprint density at radius 3 is 2.96 bits per heavy atom. The Labute approximate surface area is 156 Å². The normalized spacial score (nSPS) is 18.0. The molecule has 0 saturated carbocycles. The van der Waals surface area contributed by atoms with Gasteiger partial charge in [-0.25, -0.2) is 4.98 Å². The van der Waals surface area contributed by atoms with Gasteiger partial charge in [-0.1, -0.05) is 12.1 Å². The fourth-order valence-electron chi connectivity index (χ4n) is 2.83. The number of benzene rings is 1. The van der Waals surface area contributed by atoms with E-state index in [1.54, 1.807) is 6.20 Å². The molecule has 1 atom stereocenters. The van der Waals surface area contributed by atoms with E-state index in [2.05, 4.69) is 36.4 Å². The number of carbonyl (C=O) groups excluding carboxylic acids is 1. The van der Waals surface area contributed by atoms with Crippen molar-refractivity contribution in [3.05, 3.63) is 47.0 Å². The van der Waals surface area contributed by atoms with E-state index in [0.29, 0.717) is 6.54 Å². The van der Waals surface area contributed by atoms with E-state index in [1.807, 2.05) is 42.1 Å². The Balaban J connectivity index is 0.00000208. The van der Waals surface area contributed by atoms with Gasteiger partial charge in [0.15, 0.2) is 0 Å². The van der Waals surface area contributed by atoms with E-state index in [-0.39, 0.29) is 24.4 Å². The predicted molar refractivity (Wildman–Crippen MR) is 100 cm³/mol. The van der Waals surface area contributed by atoms with Gasteiger partial charge in [0, 0.05) is 43.5 Å². The van der Waals surface area contributed by atoms with E-state index < -0.39 is 0 Å². The third-order valence-electron chi connectivity index (χ3n) is 4.01. The lowest BCUT2D eigenvalue weighted by molar-refractivity contribution is -0.118. The van der Waals surface area contributed by atoms with Crippen LogP contribution in [-0.4, -0.2) is 46.5 Å². The van der Waals surface area contributed by atoms with Crippen LogP contribution < -0.4 is 10.6 Å². The van der Waals surface area contributed by atoms with Gasteiger partial charge in [-0.15, -0.1) is 12.4 Å². The first-order valence-electron chi connectivity index (χ1n) is 7.61. The van der Waals surface area contributed by atoms with E-state index >= 15 is 0 Å². The summed E-state index contributed by atoms with van der Waals surface area (Å²) in [5.74, 6) is 0.962. The average Bonchev–Trinajstić information content (AvgIpc) is 2.96. The maximum atomic E-state index is 12.4. The molecule has 6 nitrogen and oxygen atoms in total. The number of para-hydroxylation sites is 1. The first kappa shape index (κ1) is 18.9. The van der Waals surface area contributed by atoms with Crippen LogP contribution in [0.5, 0.6) is 0 Å². The number of nitrogens with one attached hydrogen (secondary N) is 2. The third kappa shape index (κ3) is 4.36. The number of hydrogen-bond acceptors (Lipinski definition) is 4. The quantitative estimate of drug-likeness (QED) is 0.805. The van der Waals surface area contributed by atoms with E-state index in [1.165, 1.54) is 0 Å². The number of piperazine rings is 1. The lowest BCUT2D eigenvalue weighted by Crippen LogP contribution is -2.49. The number of aromatic nitrogens is 2. The van der Waals surface area contributed by atoms with Crippen LogP contribution in [0.2, 0.25) is 0 Å². The molecule has 2 heterocycles. The van der Waals surface area contributed by atoms with Crippen molar-refractivity contribution in [3.63, 3.8) is 0 Å².